The summed E-state index contributed by atoms with van der Waals surface area (Å²) in [6, 6.07) is 6.34. The van der Waals surface area contributed by atoms with E-state index in [-0.39, 0.29) is 6.04 Å². The number of anilines is 3. The van der Waals surface area contributed by atoms with Gasteiger partial charge >= 0.3 is 0 Å². The van der Waals surface area contributed by atoms with Gasteiger partial charge in [-0.3, -0.25) is 4.98 Å². The second-order valence-corrected chi connectivity index (χ2v) is 6.29. The fraction of sp³-hybridized carbons (Fsp3) is 0.250. The monoisotopic (exact) mass is 324 g/mol. The van der Waals surface area contributed by atoms with Gasteiger partial charge in [0.25, 0.3) is 0 Å². The summed E-state index contributed by atoms with van der Waals surface area (Å²) in [5.41, 5.74) is 2.17. The van der Waals surface area contributed by atoms with E-state index in [0.29, 0.717) is 0 Å². The Morgan fingerprint density at radius 1 is 1.30 bits per heavy atom. The molecule has 0 aliphatic carbocycles. The van der Waals surface area contributed by atoms with Crippen molar-refractivity contribution < 1.29 is 0 Å². The van der Waals surface area contributed by atoms with Gasteiger partial charge in [0, 0.05) is 30.4 Å². The molecule has 0 radical (unpaired) electrons. The van der Waals surface area contributed by atoms with Gasteiger partial charge in [0.15, 0.2) is 5.13 Å². The third-order valence-corrected chi connectivity index (χ3v) is 4.55. The van der Waals surface area contributed by atoms with Crippen molar-refractivity contribution in [1.29, 1.82) is 0 Å². The van der Waals surface area contributed by atoms with Crippen LogP contribution in [0.15, 0.2) is 42.2 Å². The van der Waals surface area contributed by atoms with Crippen LogP contribution >= 0.6 is 11.3 Å². The maximum Gasteiger partial charge on any atom is 0.188 e. The number of thiazole rings is 1. The molecule has 23 heavy (non-hydrogen) atoms. The van der Waals surface area contributed by atoms with Crippen LogP contribution in [0.25, 0.3) is 0 Å². The highest BCUT2D eigenvalue weighted by Crippen LogP contribution is 2.37. The fourth-order valence-corrected chi connectivity index (χ4v) is 3.28. The van der Waals surface area contributed by atoms with Crippen molar-refractivity contribution in [3.63, 3.8) is 0 Å². The summed E-state index contributed by atoms with van der Waals surface area (Å²) in [6.45, 7) is 2.94. The van der Waals surface area contributed by atoms with Gasteiger partial charge in [0.2, 0.25) is 0 Å². The summed E-state index contributed by atoms with van der Waals surface area (Å²) in [4.78, 5) is 19.9. The van der Waals surface area contributed by atoms with Crippen molar-refractivity contribution in [2.24, 2.45) is 0 Å². The molecule has 1 atom stereocenters. The standard InChI is InChI=1S/C16H16N6S/c1-11-19-13(9-15(20-11)21-16-18-6-8-23-16)14-4-7-22(14)12-3-2-5-17-10-12/h2-3,5-6,8-10,14H,4,7H2,1H3,(H,18,19,20,21). The number of rotatable bonds is 4. The first kappa shape index (κ1) is 14.1. The maximum atomic E-state index is 4.63. The van der Waals surface area contributed by atoms with E-state index in [0.717, 1.165) is 41.1 Å². The largest absolute Gasteiger partial charge is 0.362 e. The first-order chi connectivity index (χ1) is 11.3. The van der Waals surface area contributed by atoms with Gasteiger partial charge in [-0.1, -0.05) is 0 Å². The third-order valence-electron chi connectivity index (χ3n) is 3.86. The SMILES string of the molecule is Cc1nc(Nc2nccs2)cc(C2CCN2c2cccnc2)n1. The summed E-state index contributed by atoms with van der Waals surface area (Å²) >= 11 is 1.55. The Bertz CT molecular complexity index is 790. The second kappa shape index (κ2) is 5.92. The molecular formula is C16H16N6S. The van der Waals surface area contributed by atoms with Gasteiger partial charge in [0.1, 0.15) is 11.6 Å². The lowest BCUT2D eigenvalue weighted by molar-refractivity contribution is 0.454. The highest BCUT2D eigenvalue weighted by atomic mass is 32.1. The number of aryl methyl sites for hydroxylation is 1. The van der Waals surface area contributed by atoms with E-state index in [2.05, 4.69) is 36.2 Å². The highest BCUT2D eigenvalue weighted by Gasteiger charge is 2.31. The van der Waals surface area contributed by atoms with Gasteiger partial charge in [-0.15, -0.1) is 11.3 Å². The minimum absolute atomic E-state index is 0.276. The predicted molar refractivity (Wildman–Crippen MR) is 91.1 cm³/mol. The summed E-state index contributed by atoms with van der Waals surface area (Å²) in [7, 11) is 0. The van der Waals surface area contributed by atoms with E-state index < -0.39 is 0 Å². The topological polar surface area (TPSA) is 66.8 Å². The Morgan fingerprint density at radius 2 is 2.26 bits per heavy atom. The molecule has 3 aromatic rings. The Labute approximate surface area is 138 Å². The molecular weight excluding hydrogens is 308 g/mol. The van der Waals surface area contributed by atoms with Gasteiger partial charge in [-0.05, 0) is 25.5 Å². The third kappa shape index (κ3) is 2.87. The Kier molecular flexibility index (Phi) is 3.63. The van der Waals surface area contributed by atoms with E-state index in [9.17, 15) is 0 Å². The van der Waals surface area contributed by atoms with Crippen LogP contribution < -0.4 is 10.2 Å². The van der Waals surface area contributed by atoms with E-state index in [1.807, 2.05) is 30.6 Å². The number of nitrogens with one attached hydrogen (secondary N) is 1. The van der Waals surface area contributed by atoms with Gasteiger partial charge in [-0.25, -0.2) is 15.0 Å². The molecule has 4 heterocycles. The quantitative estimate of drug-likeness (QED) is 0.794. The smallest absolute Gasteiger partial charge is 0.188 e. The van der Waals surface area contributed by atoms with E-state index in [1.54, 1.807) is 23.7 Å². The number of nitrogens with zero attached hydrogens (tertiary/aromatic N) is 5. The summed E-state index contributed by atoms with van der Waals surface area (Å²) in [6.07, 6.45) is 6.55. The molecule has 1 saturated heterocycles. The molecule has 6 nitrogen and oxygen atoms in total. The van der Waals surface area contributed by atoms with Crippen LogP contribution in [0, 0.1) is 6.92 Å². The molecule has 1 fully saturated rings. The van der Waals surface area contributed by atoms with E-state index in [4.69, 9.17) is 0 Å². The molecule has 1 aliphatic heterocycles. The van der Waals surface area contributed by atoms with Crippen molar-refractivity contribution in [3.05, 3.63) is 53.7 Å². The first-order valence-corrected chi connectivity index (χ1v) is 8.36. The normalized spacial score (nSPS) is 16.9. The Balaban J connectivity index is 1.60. The number of aromatic nitrogens is 4. The average Bonchev–Trinajstić information content (AvgIpc) is 2.99. The number of hydrogen-bond donors (Lipinski definition) is 1. The molecule has 4 rings (SSSR count). The minimum Gasteiger partial charge on any atom is -0.362 e. The van der Waals surface area contributed by atoms with Gasteiger partial charge in [0.05, 0.1) is 23.6 Å². The van der Waals surface area contributed by atoms with Crippen LogP contribution in [-0.2, 0) is 0 Å². The zero-order valence-electron chi connectivity index (χ0n) is 12.7. The molecule has 0 spiro atoms. The average molecular weight is 324 g/mol. The molecule has 1 N–H and O–H groups in total. The molecule has 3 aromatic heterocycles. The molecule has 116 valence electrons. The highest BCUT2D eigenvalue weighted by molar-refractivity contribution is 7.13. The minimum atomic E-state index is 0.276. The lowest BCUT2D eigenvalue weighted by Crippen LogP contribution is -2.41. The Morgan fingerprint density at radius 3 is 2.96 bits per heavy atom. The van der Waals surface area contributed by atoms with Gasteiger partial charge in [-0.2, -0.15) is 0 Å². The zero-order valence-corrected chi connectivity index (χ0v) is 13.5. The van der Waals surface area contributed by atoms with Crippen LogP contribution in [0.5, 0.6) is 0 Å². The molecule has 0 aromatic carbocycles. The fourth-order valence-electron chi connectivity index (χ4n) is 2.75. The lowest BCUT2D eigenvalue weighted by Gasteiger charge is -2.42. The van der Waals surface area contributed by atoms with Crippen LogP contribution in [0.1, 0.15) is 24.0 Å². The van der Waals surface area contributed by atoms with Crippen LogP contribution in [0.3, 0.4) is 0 Å². The first-order valence-electron chi connectivity index (χ1n) is 7.48. The van der Waals surface area contributed by atoms with E-state index in [1.165, 1.54) is 0 Å². The molecule has 0 saturated carbocycles. The zero-order chi connectivity index (χ0) is 15.6. The second-order valence-electron chi connectivity index (χ2n) is 5.40. The summed E-state index contributed by atoms with van der Waals surface area (Å²) in [5.74, 6) is 1.56. The molecule has 1 unspecified atom stereocenters. The molecule has 7 heteroatoms. The summed E-state index contributed by atoms with van der Waals surface area (Å²) < 4.78 is 0. The molecule has 0 amide bonds. The van der Waals surface area contributed by atoms with Crippen molar-refractivity contribution in [3.8, 4) is 0 Å². The molecule has 0 bridgehead atoms. The van der Waals surface area contributed by atoms with Crippen molar-refractivity contribution in [2.75, 3.05) is 16.8 Å². The van der Waals surface area contributed by atoms with Crippen molar-refractivity contribution in [1.82, 2.24) is 19.9 Å². The lowest BCUT2D eigenvalue weighted by atomic mass is 9.98. The number of hydrogen-bond acceptors (Lipinski definition) is 7. The van der Waals surface area contributed by atoms with Crippen LogP contribution in [0.4, 0.5) is 16.6 Å². The van der Waals surface area contributed by atoms with Crippen LogP contribution in [0.2, 0.25) is 0 Å². The van der Waals surface area contributed by atoms with Crippen molar-refractivity contribution in [2.45, 2.75) is 19.4 Å². The summed E-state index contributed by atoms with van der Waals surface area (Å²) in [5, 5.41) is 6.03. The van der Waals surface area contributed by atoms with Gasteiger partial charge < -0.3 is 10.2 Å². The van der Waals surface area contributed by atoms with E-state index >= 15 is 0 Å². The predicted octanol–water partition coefficient (Wildman–Crippen LogP) is 3.33. The van der Waals surface area contributed by atoms with Crippen LogP contribution in [-0.4, -0.2) is 26.5 Å². The molecule has 1 aliphatic rings. The Hall–Kier alpha value is -2.54. The maximum absolute atomic E-state index is 4.63. The number of pyridine rings is 1. The van der Waals surface area contributed by atoms with Crippen molar-refractivity contribution >= 4 is 28.0 Å².